The molecular weight excluding hydrogens is 430 g/mol. The topological polar surface area (TPSA) is 38.8 Å². The second kappa shape index (κ2) is 7.72. The average molecular weight is 453 g/mol. The molecule has 3 rings (SSSR count). The lowest BCUT2D eigenvalue weighted by atomic mass is 9.91. The molecule has 1 amide bonds. The number of amides is 1. The Morgan fingerprint density at radius 1 is 1.26 bits per heavy atom. The van der Waals surface area contributed by atoms with Crippen LogP contribution >= 0.6 is 27.5 Å². The van der Waals surface area contributed by atoms with E-state index < -0.39 is 11.7 Å². The number of carbonyl (C=O) groups is 1. The summed E-state index contributed by atoms with van der Waals surface area (Å²) < 4.78 is 12.3. The fourth-order valence-electron chi connectivity index (χ4n) is 3.38. The number of rotatable bonds is 2. The third kappa shape index (κ3) is 4.41. The third-order valence-corrected chi connectivity index (χ3v) is 5.09. The van der Waals surface area contributed by atoms with Crippen LogP contribution in [0.3, 0.4) is 0 Å². The monoisotopic (exact) mass is 451 g/mol. The minimum atomic E-state index is -0.601. The Labute approximate surface area is 173 Å². The number of fused-ring (bicyclic) bond motifs is 1. The van der Waals surface area contributed by atoms with E-state index in [1.807, 2.05) is 57.2 Å². The van der Waals surface area contributed by atoms with Crippen molar-refractivity contribution in [3.05, 3.63) is 57.0 Å². The van der Waals surface area contributed by atoms with E-state index in [2.05, 4.69) is 15.9 Å². The largest absolute Gasteiger partial charge is 0.495 e. The van der Waals surface area contributed by atoms with E-state index in [9.17, 15) is 4.79 Å². The average Bonchev–Trinajstić information content (AvgIpc) is 2.58. The van der Waals surface area contributed by atoms with Crippen molar-refractivity contribution in [3.63, 3.8) is 0 Å². The van der Waals surface area contributed by atoms with Crippen LogP contribution in [-0.4, -0.2) is 18.8 Å². The van der Waals surface area contributed by atoms with Crippen molar-refractivity contribution in [1.82, 2.24) is 0 Å². The minimum Gasteiger partial charge on any atom is -0.495 e. The molecule has 0 aromatic heterocycles. The molecule has 0 fully saturated rings. The van der Waals surface area contributed by atoms with Gasteiger partial charge in [0.05, 0.1) is 18.8 Å². The van der Waals surface area contributed by atoms with Gasteiger partial charge in [0.15, 0.2) is 0 Å². The molecule has 4 nitrogen and oxygen atoms in total. The van der Waals surface area contributed by atoms with Crippen molar-refractivity contribution in [2.45, 2.75) is 45.3 Å². The molecule has 0 radical (unpaired) electrons. The summed E-state index contributed by atoms with van der Waals surface area (Å²) in [6, 6.07) is 11.3. The number of benzene rings is 2. The van der Waals surface area contributed by atoms with Gasteiger partial charge in [0.25, 0.3) is 0 Å². The van der Waals surface area contributed by atoms with Crippen LogP contribution in [0.4, 0.5) is 10.5 Å². The second-order valence-corrected chi connectivity index (χ2v) is 8.93. The van der Waals surface area contributed by atoms with E-state index in [0.29, 0.717) is 10.8 Å². The fraction of sp³-hybridized carbons (Fsp3) is 0.381. The Balaban J connectivity index is 2.14. The Bertz CT molecular complexity index is 846. The number of anilines is 1. The Kier molecular flexibility index (Phi) is 5.73. The third-order valence-electron chi connectivity index (χ3n) is 4.40. The van der Waals surface area contributed by atoms with Crippen LogP contribution in [0.15, 0.2) is 40.9 Å². The van der Waals surface area contributed by atoms with Gasteiger partial charge in [-0.2, -0.15) is 0 Å². The normalized spacial score (nSPS) is 16.7. The van der Waals surface area contributed by atoms with Gasteiger partial charge in [-0.25, -0.2) is 4.79 Å². The predicted molar refractivity (Wildman–Crippen MR) is 112 cm³/mol. The molecule has 1 atom stereocenters. The molecule has 0 aliphatic carbocycles. The minimum absolute atomic E-state index is 0.180. The molecule has 1 unspecified atom stereocenters. The van der Waals surface area contributed by atoms with Crippen LogP contribution in [0.2, 0.25) is 5.02 Å². The van der Waals surface area contributed by atoms with Gasteiger partial charge in [0, 0.05) is 9.50 Å². The van der Waals surface area contributed by atoms with Crippen molar-refractivity contribution in [3.8, 4) is 5.75 Å². The van der Waals surface area contributed by atoms with Crippen LogP contribution in [0.1, 0.15) is 44.4 Å². The summed E-state index contributed by atoms with van der Waals surface area (Å²) in [5.41, 5.74) is 2.18. The van der Waals surface area contributed by atoms with E-state index in [1.54, 1.807) is 12.0 Å². The Morgan fingerprint density at radius 2 is 2.00 bits per heavy atom. The molecule has 27 heavy (non-hydrogen) atoms. The van der Waals surface area contributed by atoms with Gasteiger partial charge in [0.2, 0.25) is 0 Å². The molecule has 144 valence electrons. The number of aryl methyl sites for hydroxylation is 1. The molecule has 6 heteroatoms. The number of hydrogen-bond acceptors (Lipinski definition) is 3. The van der Waals surface area contributed by atoms with Gasteiger partial charge in [-0.1, -0.05) is 39.7 Å². The van der Waals surface area contributed by atoms with Gasteiger partial charge in [0.1, 0.15) is 11.4 Å². The summed E-state index contributed by atoms with van der Waals surface area (Å²) in [5, 5.41) is 0.644. The van der Waals surface area contributed by atoms with Crippen LogP contribution < -0.4 is 9.64 Å². The van der Waals surface area contributed by atoms with E-state index in [-0.39, 0.29) is 6.04 Å². The number of halogens is 2. The van der Waals surface area contributed by atoms with Gasteiger partial charge < -0.3 is 9.47 Å². The second-order valence-electron chi connectivity index (χ2n) is 7.58. The summed E-state index contributed by atoms with van der Waals surface area (Å²) in [5.74, 6) is 0.636. The lowest BCUT2D eigenvalue weighted by Crippen LogP contribution is -2.42. The zero-order chi connectivity index (χ0) is 19.8. The highest BCUT2D eigenvalue weighted by atomic mass is 79.9. The zero-order valence-electron chi connectivity index (χ0n) is 15.9. The quantitative estimate of drug-likeness (QED) is 0.519. The number of nitrogens with zero attached hydrogens (tertiary/aromatic N) is 1. The first kappa shape index (κ1) is 20.0. The van der Waals surface area contributed by atoms with Crippen LogP contribution in [-0.2, 0) is 11.2 Å². The number of carbonyl (C=O) groups excluding carboxylic acids is 1. The van der Waals surface area contributed by atoms with Crippen molar-refractivity contribution in [2.75, 3.05) is 12.0 Å². The fourth-order valence-corrected chi connectivity index (χ4v) is 4.07. The first-order valence-electron chi connectivity index (χ1n) is 8.83. The van der Waals surface area contributed by atoms with E-state index in [4.69, 9.17) is 21.1 Å². The highest BCUT2D eigenvalue weighted by molar-refractivity contribution is 9.10. The lowest BCUT2D eigenvalue weighted by Gasteiger charge is -2.39. The number of ether oxygens (including phenoxy) is 2. The molecule has 2 aromatic carbocycles. The molecule has 1 aliphatic rings. The van der Waals surface area contributed by atoms with E-state index in [1.165, 1.54) is 0 Å². The predicted octanol–water partition coefficient (Wildman–Crippen LogP) is 6.54. The van der Waals surface area contributed by atoms with E-state index >= 15 is 0 Å². The molecule has 0 N–H and O–H groups in total. The van der Waals surface area contributed by atoms with Gasteiger partial charge in [-0.05, 0) is 69.0 Å². The summed E-state index contributed by atoms with van der Waals surface area (Å²) in [6.45, 7) is 5.59. The van der Waals surface area contributed by atoms with Crippen LogP contribution in [0.5, 0.6) is 5.75 Å². The smallest absolute Gasteiger partial charge is 0.415 e. The van der Waals surface area contributed by atoms with Crippen molar-refractivity contribution in [1.29, 1.82) is 0 Å². The summed E-state index contributed by atoms with van der Waals surface area (Å²) in [4.78, 5) is 14.9. The SMILES string of the molecule is COc1cc(Br)cc2c1N(C(=O)OC(C)(C)C)C(c1cccc(Cl)c1)CC2. The molecular formula is C21H23BrClNO3. The highest BCUT2D eigenvalue weighted by Gasteiger charge is 2.37. The van der Waals surface area contributed by atoms with E-state index in [0.717, 1.165) is 34.1 Å². The van der Waals surface area contributed by atoms with Gasteiger partial charge in [-0.15, -0.1) is 0 Å². The van der Waals surface area contributed by atoms with Gasteiger partial charge >= 0.3 is 6.09 Å². The maximum Gasteiger partial charge on any atom is 0.415 e. The first-order chi connectivity index (χ1) is 12.7. The van der Waals surface area contributed by atoms with Crippen LogP contribution in [0.25, 0.3) is 0 Å². The maximum absolute atomic E-state index is 13.2. The van der Waals surface area contributed by atoms with Crippen molar-refractivity contribution >= 4 is 39.3 Å². The van der Waals surface area contributed by atoms with Crippen molar-refractivity contribution in [2.24, 2.45) is 0 Å². The Morgan fingerprint density at radius 3 is 2.63 bits per heavy atom. The molecule has 0 spiro atoms. The zero-order valence-corrected chi connectivity index (χ0v) is 18.2. The summed E-state index contributed by atoms with van der Waals surface area (Å²) in [6.07, 6.45) is 1.20. The molecule has 0 bridgehead atoms. The number of methoxy groups -OCH3 is 1. The standard InChI is InChI=1S/C21H23BrClNO3/c1-21(2,3)27-20(25)24-17(13-6-5-7-16(23)11-13)9-8-14-10-15(22)12-18(26-4)19(14)24/h5-7,10-12,17H,8-9H2,1-4H3. The van der Waals surface area contributed by atoms with Gasteiger partial charge in [-0.3, -0.25) is 4.90 Å². The number of hydrogen-bond donors (Lipinski definition) is 0. The molecule has 0 saturated heterocycles. The summed E-state index contributed by atoms with van der Waals surface area (Å²) in [7, 11) is 1.61. The lowest BCUT2D eigenvalue weighted by molar-refractivity contribution is 0.0559. The Hall–Kier alpha value is -1.72. The van der Waals surface area contributed by atoms with Crippen LogP contribution in [0, 0.1) is 0 Å². The molecule has 0 saturated carbocycles. The first-order valence-corrected chi connectivity index (χ1v) is 10.0. The highest BCUT2D eigenvalue weighted by Crippen LogP contribution is 2.46. The molecule has 1 heterocycles. The van der Waals surface area contributed by atoms with Crippen molar-refractivity contribution < 1.29 is 14.3 Å². The molecule has 2 aromatic rings. The summed E-state index contributed by atoms with van der Waals surface area (Å²) >= 11 is 9.74. The maximum atomic E-state index is 13.2. The molecule has 1 aliphatic heterocycles.